The maximum absolute atomic E-state index is 11.4. The van der Waals surface area contributed by atoms with Crippen molar-refractivity contribution in [2.24, 2.45) is 0 Å². The lowest BCUT2D eigenvalue weighted by Gasteiger charge is -2.03. The highest BCUT2D eigenvalue weighted by molar-refractivity contribution is 5.90. The van der Waals surface area contributed by atoms with Crippen molar-refractivity contribution in [3.8, 4) is 0 Å². The van der Waals surface area contributed by atoms with Crippen molar-refractivity contribution < 1.29 is 23.8 Å². The van der Waals surface area contributed by atoms with Crippen molar-refractivity contribution in [3.63, 3.8) is 0 Å². The first-order valence-electron chi connectivity index (χ1n) is 6.26. The molecule has 108 valence electrons. The maximum Gasteiger partial charge on any atom is 0.341 e. The molecule has 0 amide bonds. The Bertz CT molecular complexity index is 388. The molecule has 0 fully saturated rings. The Balaban J connectivity index is 2.25. The molecule has 0 saturated carbocycles. The van der Waals surface area contributed by atoms with Gasteiger partial charge in [0.15, 0.2) is 0 Å². The third-order valence-electron chi connectivity index (χ3n) is 2.55. The number of esters is 1. The second-order valence-electron chi connectivity index (χ2n) is 4.04. The van der Waals surface area contributed by atoms with Gasteiger partial charge >= 0.3 is 5.97 Å². The number of rotatable bonds is 9. The normalized spacial score (nSPS) is 10.7. The molecule has 2 N–H and O–H groups in total. The summed E-state index contributed by atoms with van der Waals surface area (Å²) in [5.41, 5.74) is 0.463. The third-order valence-corrected chi connectivity index (χ3v) is 2.55. The lowest BCUT2D eigenvalue weighted by atomic mass is 10.2. The Hall–Kier alpha value is -1.37. The van der Waals surface area contributed by atoms with Crippen LogP contribution in [0.25, 0.3) is 0 Å². The minimum atomic E-state index is -0.384. The minimum absolute atomic E-state index is 0.0510. The Morgan fingerprint density at radius 2 is 2.26 bits per heavy atom. The van der Waals surface area contributed by atoms with Crippen molar-refractivity contribution >= 4 is 5.97 Å². The van der Waals surface area contributed by atoms with Crippen molar-refractivity contribution in [2.45, 2.75) is 19.9 Å². The molecule has 1 rings (SSSR count). The molecule has 1 aromatic rings. The minimum Gasteiger partial charge on any atom is -0.465 e. The maximum atomic E-state index is 11.4. The van der Waals surface area contributed by atoms with E-state index in [1.165, 1.54) is 7.11 Å². The summed E-state index contributed by atoms with van der Waals surface area (Å²) in [5.74, 6) is 0.883. The fraction of sp³-hybridized carbons (Fsp3) is 0.615. The summed E-state index contributed by atoms with van der Waals surface area (Å²) in [6.45, 7) is 4.10. The summed E-state index contributed by atoms with van der Waals surface area (Å²) in [6.07, 6.45) is 0.851. The highest BCUT2D eigenvalue weighted by atomic mass is 16.5. The second kappa shape index (κ2) is 8.68. The number of aliphatic hydroxyl groups excluding tert-OH is 1. The van der Waals surface area contributed by atoms with Crippen LogP contribution in [0.5, 0.6) is 0 Å². The summed E-state index contributed by atoms with van der Waals surface area (Å²) in [5, 5.41) is 11.7. The van der Waals surface area contributed by atoms with E-state index in [0.29, 0.717) is 36.8 Å². The molecule has 0 aliphatic carbocycles. The average Bonchev–Trinajstić information content (AvgIpc) is 2.78. The molecule has 0 unspecified atom stereocenters. The van der Waals surface area contributed by atoms with E-state index in [1.54, 1.807) is 13.0 Å². The van der Waals surface area contributed by atoms with Gasteiger partial charge in [0.2, 0.25) is 0 Å². The van der Waals surface area contributed by atoms with Gasteiger partial charge in [0, 0.05) is 6.61 Å². The highest BCUT2D eigenvalue weighted by Gasteiger charge is 2.14. The van der Waals surface area contributed by atoms with E-state index >= 15 is 0 Å². The van der Waals surface area contributed by atoms with Crippen molar-refractivity contribution in [2.75, 3.05) is 33.5 Å². The average molecular weight is 271 g/mol. The molecule has 19 heavy (non-hydrogen) atoms. The lowest BCUT2D eigenvalue weighted by Crippen LogP contribution is -2.16. The number of furan rings is 1. The van der Waals surface area contributed by atoms with Crippen LogP contribution in [0.3, 0.4) is 0 Å². The fourth-order valence-corrected chi connectivity index (χ4v) is 1.62. The number of carbonyl (C=O) groups is 1. The number of carbonyl (C=O) groups excluding carboxylic acids is 1. The van der Waals surface area contributed by atoms with Gasteiger partial charge in [-0.15, -0.1) is 0 Å². The molecule has 0 saturated heterocycles. The predicted molar refractivity (Wildman–Crippen MR) is 69.0 cm³/mol. The van der Waals surface area contributed by atoms with Gasteiger partial charge < -0.3 is 24.3 Å². The zero-order chi connectivity index (χ0) is 14.1. The Kier molecular flexibility index (Phi) is 7.17. The van der Waals surface area contributed by atoms with Crippen molar-refractivity contribution in [1.29, 1.82) is 0 Å². The monoisotopic (exact) mass is 271 g/mol. The first-order chi connectivity index (χ1) is 9.19. The van der Waals surface area contributed by atoms with E-state index in [0.717, 1.165) is 13.0 Å². The second-order valence-corrected chi connectivity index (χ2v) is 4.04. The van der Waals surface area contributed by atoms with Crippen LogP contribution in [0.1, 0.15) is 28.3 Å². The SMILES string of the molecule is COC(=O)c1cc(CNCCCOCCO)oc1C. The number of hydrogen-bond donors (Lipinski definition) is 2. The van der Waals surface area contributed by atoms with E-state index in [2.05, 4.69) is 10.1 Å². The summed E-state index contributed by atoms with van der Waals surface area (Å²) in [7, 11) is 1.35. The molecule has 6 heteroatoms. The van der Waals surface area contributed by atoms with Gasteiger partial charge in [0.25, 0.3) is 0 Å². The molecule has 0 radical (unpaired) electrons. The van der Waals surface area contributed by atoms with Gasteiger partial charge in [0.1, 0.15) is 17.1 Å². The number of aliphatic hydroxyl groups is 1. The Labute approximate surface area is 112 Å². The molecule has 0 spiro atoms. The van der Waals surface area contributed by atoms with E-state index in [1.807, 2.05) is 0 Å². The molecule has 6 nitrogen and oxygen atoms in total. The van der Waals surface area contributed by atoms with E-state index in [9.17, 15) is 4.79 Å². The Morgan fingerprint density at radius 1 is 1.47 bits per heavy atom. The number of ether oxygens (including phenoxy) is 2. The highest BCUT2D eigenvalue weighted by Crippen LogP contribution is 2.15. The van der Waals surface area contributed by atoms with Crippen molar-refractivity contribution in [3.05, 3.63) is 23.2 Å². The quantitative estimate of drug-likeness (QED) is 0.512. The van der Waals surface area contributed by atoms with Gasteiger partial charge in [-0.25, -0.2) is 4.79 Å². The summed E-state index contributed by atoms with van der Waals surface area (Å²) < 4.78 is 15.2. The van der Waals surface area contributed by atoms with Crippen molar-refractivity contribution in [1.82, 2.24) is 5.32 Å². The third kappa shape index (κ3) is 5.42. The summed E-state index contributed by atoms with van der Waals surface area (Å²) >= 11 is 0. The summed E-state index contributed by atoms with van der Waals surface area (Å²) in [4.78, 5) is 11.4. The van der Waals surface area contributed by atoms with Crippen LogP contribution < -0.4 is 5.32 Å². The standard InChI is InChI=1S/C13H21NO5/c1-10-12(13(16)17-2)8-11(19-10)9-14-4-3-6-18-7-5-15/h8,14-15H,3-7,9H2,1-2H3. The number of aryl methyl sites for hydroxylation is 1. The smallest absolute Gasteiger partial charge is 0.341 e. The van der Waals surface area contributed by atoms with Gasteiger partial charge in [-0.3, -0.25) is 0 Å². The molecule has 0 aliphatic rings. The molecule has 1 heterocycles. The molecule has 0 aromatic carbocycles. The largest absolute Gasteiger partial charge is 0.465 e. The van der Waals surface area contributed by atoms with Crippen LogP contribution in [-0.2, 0) is 16.0 Å². The fourth-order valence-electron chi connectivity index (χ4n) is 1.62. The van der Waals surface area contributed by atoms with E-state index in [-0.39, 0.29) is 12.6 Å². The molecular formula is C13H21NO5. The zero-order valence-corrected chi connectivity index (χ0v) is 11.4. The molecule has 1 aromatic heterocycles. The van der Waals surface area contributed by atoms with Crippen LogP contribution in [0, 0.1) is 6.92 Å². The molecule has 0 aliphatic heterocycles. The van der Waals surface area contributed by atoms with E-state index in [4.69, 9.17) is 14.3 Å². The molecular weight excluding hydrogens is 250 g/mol. The molecule has 0 atom stereocenters. The Morgan fingerprint density at radius 3 is 2.95 bits per heavy atom. The lowest BCUT2D eigenvalue weighted by molar-refractivity contribution is 0.0599. The van der Waals surface area contributed by atoms with Crippen LogP contribution in [0.15, 0.2) is 10.5 Å². The first kappa shape index (κ1) is 15.7. The van der Waals surface area contributed by atoms with Crippen LogP contribution in [0.4, 0.5) is 0 Å². The van der Waals surface area contributed by atoms with Crippen LogP contribution in [-0.4, -0.2) is 44.6 Å². The first-order valence-corrected chi connectivity index (χ1v) is 6.26. The number of nitrogens with one attached hydrogen (secondary N) is 1. The van der Waals surface area contributed by atoms with Crippen LogP contribution >= 0.6 is 0 Å². The van der Waals surface area contributed by atoms with Crippen LogP contribution in [0.2, 0.25) is 0 Å². The molecule has 0 bridgehead atoms. The predicted octanol–water partition coefficient (Wildman–Crippen LogP) is 0.863. The summed E-state index contributed by atoms with van der Waals surface area (Å²) in [6, 6.07) is 1.69. The number of methoxy groups -OCH3 is 1. The van der Waals surface area contributed by atoms with Gasteiger partial charge in [-0.05, 0) is 26.0 Å². The van der Waals surface area contributed by atoms with Gasteiger partial charge in [-0.1, -0.05) is 0 Å². The van der Waals surface area contributed by atoms with Gasteiger partial charge in [-0.2, -0.15) is 0 Å². The zero-order valence-electron chi connectivity index (χ0n) is 11.4. The van der Waals surface area contributed by atoms with Gasteiger partial charge in [0.05, 0.1) is 26.9 Å². The number of hydrogen-bond acceptors (Lipinski definition) is 6. The topological polar surface area (TPSA) is 80.9 Å². The van der Waals surface area contributed by atoms with E-state index < -0.39 is 0 Å².